The van der Waals surface area contributed by atoms with Crippen LogP contribution in [-0.4, -0.2) is 39.3 Å². The summed E-state index contributed by atoms with van der Waals surface area (Å²) in [5.41, 5.74) is 5.66. The van der Waals surface area contributed by atoms with Crippen molar-refractivity contribution < 1.29 is 18.3 Å². The van der Waals surface area contributed by atoms with Gasteiger partial charge in [0.15, 0.2) is 23.1 Å². The molecule has 6 heteroatoms. The van der Waals surface area contributed by atoms with Gasteiger partial charge < -0.3 is 15.2 Å². The Morgan fingerprint density at radius 2 is 1.80 bits per heavy atom. The first-order chi connectivity index (χ1) is 9.53. The van der Waals surface area contributed by atoms with Crippen LogP contribution in [0.3, 0.4) is 0 Å². The number of methoxy groups -OCH3 is 2. The molecule has 1 heterocycles. The Morgan fingerprint density at radius 1 is 1.25 bits per heavy atom. The van der Waals surface area contributed by atoms with Crippen molar-refractivity contribution in [1.82, 2.24) is 4.90 Å². The molecular weight excluding hydrogens is 266 g/mol. The van der Waals surface area contributed by atoms with E-state index in [9.17, 15) is 8.78 Å². The molecule has 1 aliphatic rings. The van der Waals surface area contributed by atoms with Crippen LogP contribution < -0.4 is 15.2 Å². The van der Waals surface area contributed by atoms with Crippen LogP contribution in [0.4, 0.5) is 8.78 Å². The third-order valence-corrected chi connectivity index (χ3v) is 3.91. The summed E-state index contributed by atoms with van der Waals surface area (Å²) >= 11 is 0. The minimum absolute atomic E-state index is 0.000324. The molecule has 2 rings (SSSR count). The molecule has 1 aliphatic heterocycles. The highest BCUT2D eigenvalue weighted by Crippen LogP contribution is 2.41. The second-order valence-corrected chi connectivity index (χ2v) is 5.12. The third-order valence-electron chi connectivity index (χ3n) is 3.91. The van der Waals surface area contributed by atoms with Crippen LogP contribution >= 0.6 is 0 Å². The lowest BCUT2D eigenvalue weighted by molar-refractivity contribution is 0.286. The molecule has 2 N–H and O–H groups in total. The third kappa shape index (κ3) is 2.45. The maximum atomic E-state index is 14.4. The first-order valence-corrected chi connectivity index (χ1v) is 6.53. The van der Waals surface area contributed by atoms with E-state index in [1.807, 2.05) is 11.9 Å². The summed E-state index contributed by atoms with van der Waals surface area (Å²) in [6, 6.07) is 0.872. The van der Waals surface area contributed by atoms with Gasteiger partial charge in [-0.25, -0.2) is 8.78 Å². The molecule has 0 aromatic heterocycles. The molecule has 20 heavy (non-hydrogen) atoms. The van der Waals surface area contributed by atoms with Crippen LogP contribution in [0.25, 0.3) is 0 Å². The quantitative estimate of drug-likeness (QED) is 0.919. The summed E-state index contributed by atoms with van der Waals surface area (Å²) in [4.78, 5) is 1.91. The summed E-state index contributed by atoms with van der Waals surface area (Å²) in [6.07, 6.45) is 0.622. The number of hydrogen-bond donors (Lipinski definition) is 1. The van der Waals surface area contributed by atoms with Gasteiger partial charge in [-0.3, -0.25) is 4.90 Å². The van der Waals surface area contributed by atoms with E-state index >= 15 is 0 Å². The van der Waals surface area contributed by atoms with Crippen molar-refractivity contribution in [1.29, 1.82) is 0 Å². The van der Waals surface area contributed by atoms with Crippen molar-refractivity contribution in [2.75, 3.05) is 34.4 Å². The molecule has 1 saturated heterocycles. The number of hydrogen-bond acceptors (Lipinski definition) is 4. The van der Waals surface area contributed by atoms with Crippen molar-refractivity contribution in [2.45, 2.75) is 12.5 Å². The second-order valence-electron chi connectivity index (χ2n) is 5.12. The zero-order valence-electron chi connectivity index (χ0n) is 12.0. The number of likely N-dealkylation sites (tertiary alicyclic amines) is 1. The van der Waals surface area contributed by atoms with Crippen molar-refractivity contribution in [3.63, 3.8) is 0 Å². The predicted octanol–water partition coefficient (Wildman–Crippen LogP) is 1.93. The molecule has 4 nitrogen and oxygen atoms in total. The number of nitrogens with two attached hydrogens (primary N) is 1. The highest BCUT2D eigenvalue weighted by molar-refractivity contribution is 5.43. The molecule has 2 unspecified atom stereocenters. The number of benzene rings is 1. The Morgan fingerprint density at radius 3 is 2.20 bits per heavy atom. The number of nitrogens with zero attached hydrogens (tertiary/aromatic N) is 1. The average Bonchev–Trinajstić information content (AvgIpc) is 2.81. The molecule has 1 aromatic rings. The van der Waals surface area contributed by atoms with Gasteiger partial charge in [0.1, 0.15) is 0 Å². The molecule has 112 valence electrons. The van der Waals surface area contributed by atoms with E-state index in [4.69, 9.17) is 15.2 Å². The second kappa shape index (κ2) is 5.93. The molecular formula is C14H20F2N2O2. The van der Waals surface area contributed by atoms with Crippen molar-refractivity contribution >= 4 is 0 Å². The van der Waals surface area contributed by atoms with Gasteiger partial charge in [-0.15, -0.1) is 0 Å². The number of ether oxygens (including phenoxy) is 2. The lowest BCUT2D eigenvalue weighted by atomic mass is 9.98. The van der Waals surface area contributed by atoms with E-state index in [-0.39, 0.29) is 29.0 Å². The normalized spacial score (nSPS) is 23.1. The van der Waals surface area contributed by atoms with E-state index in [2.05, 4.69) is 0 Å². The summed E-state index contributed by atoms with van der Waals surface area (Å²) in [7, 11) is 4.53. The van der Waals surface area contributed by atoms with Crippen LogP contribution in [0.2, 0.25) is 0 Å². The van der Waals surface area contributed by atoms with E-state index < -0.39 is 11.6 Å². The standard InChI is InChI=1S/C14H20F2N2O2/c1-18-7-8(6-17)4-9(18)12-13(15)10(19-2)5-11(20-3)14(12)16/h5,8-9H,4,6-7,17H2,1-3H3. The van der Waals surface area contributed by atoms with Crippen LogP contribution in [0.15, 0.2) is 6.07 Å². The lowest BCUT2D eigenvalue weighted by Gasteiger charge is -2.22. The summed E-state index contributed by atoms with van der Waals surface area (Å²) in [5.74, 6) is -1.12. The summed E-state index contributed by atoms with van der Waals surface area (Å²) in [6.45, 7) is 1.23. The van der Waals surface area contributed by atoms with Gasteiger partial charge in [0.05, 0.1) is 14.2 Å². The monoisotopic (exact) mass is 286 g/mol. The highest BCUT2D eigenvalue weighted by atomic mass is 19.1. The summed E-state index contributed by atoms with van der Waals surface area (Å²) < 4.78 is 38.8. The SMILES string of the molecule is COc1cc(OC)c(F)c(C2CC(CN)CN2C)c1F. The molecule has 2 atom stereocenters. The molecule has 0 amide bonds. The molecule has 0 radical (unpaired) electrons. The van der Waals surface area contributed by atoms with Gasteiger partial charge in [0.2, 0.25) is 0 Å². The molecule has 0 spiro atoms. The molecule has 0 bridgehead atoms. The van der Waals surface area contributed by atoms with E-state index in [1.165, 1.54) is 20.3 Å². The Balaban J connectivity index is 2.50. The first kappa shape index (κ1) is 15.0. The van der Waals surface area contributed by atoms with Gasteiger partial charge in [-0.05, 0) is 25.9 Å². The largest absolute Gasteiger partial charge is 0.494 e. The molecule has 1 aromatic carbocycles. The Bertz CT molecular complexity index is 468. The van der Waals surface area contributed by atoms with Crippen molar-refractivity contribution in [3.05, 3.63) is 23.3 Å². The van der Waals surface area contributed by atoms with Gasteiger partial charge in [-0.1, -0.05) is 0 Å². The van der Waals surface area contributed by atoms with E-state index in [1.54, 1.807) is 0 Å². The lowest BCUT2D eigenvalue weighted by Crippen LogP contribution is -2.22. The van der Waals surface area contributed by atoms with Gasteiger partial charge >= 0.3 is 0 Å². The van der Waals surface area contributed by atoms with E-state index in [0.29, 0.717) is 13.0 Å². The average molecular weight is 286 g/mol. The number of halogens is 2. The van der Waals surface area contributed by atoms with Crippen LogP contribution in [-0.2, 0) is 0 Å². The van der Waals surface area contributed by atoms with E-state index in [0.717, 1.165) is 6.54 Å². The Labute approximate surface area is 117 Å². The van der Waals surface area contributed by atoms with Gasteiger partial charge in [0, 0.05) is 24.2 Å². The van der Waals surface area contributed by atoms with Crippen molar-refractivity contribution in [3.8, 4) is 11.5 Å². The maximum absolute atomic E-state index is 14.4. The topological polar surface area (TPSA) is 47.7 Å². The van der Waals surface area contributed by atoms with Crippen LogP contribution in [0.5, 0.6) is 11.5 Å². The molecule has 1 fully saturated rings. The zero-order chi connectivity index (χ0) is 14.9. The first-order valence-electron chi connectivity index (χ1n) is 6.53. The van der Waals surface area contributed by atoms with Gasteiger partial charge in [0.25, 0.3) is 0 Å². The zero-order valence-corrected chi connectivity index (χ0v) is 12.0. The smallest absolute Gasteiger partial charge is 0.173 e. The van der Waals surface area contributed by atoms with Crippen LogP contribution in [0, 0.1) is 17.6 Å². The van der Waals surface area contributed by atoms with Gasteiger partial charge in [-0.2, -0.15) is 0 Å². The number of rotatable bonds is 4. The molecule has 0 saturated carbocycles. The maximum Gasteiger partial charge on any atom is 0.173 e. The fourth-order valence-corrected chi connectivity index (χ4v) is 2.81. The fraction of sp³-hybridized carbons (Fsp3) is 0.571. The minimum Gasteiger partial charge on any atom is -0.494 e. The summed E-state index contributed by atoms with van der Waals surface area (Å²) in [5, 5.41) is 0. The Kier molecular flexibility index (Phi) is 4.45. The Hall–Kier alpha value is -1.40. The van der Waals surface area contributed by atoms with Crippen molar-refractivity contribution in [2.24, 2.45) is 11.7 Å². The molecule has 0 aliphatic carbocycles. The predicted molar refractivity (Wildman–Crippen MR) is 72.0 cm³/mol. The minimum atomic E-state index is -0.666. The fourth-order valence-electron chi connectivity index (χ4n) is 2.81. The highest BCUT2D eigenvalue weighted by Gasteiger charge is 2.35. The van der Waals surface area contributed by atoms with Crippen LogP contribution in [0.1, 0.15) is 18.0 Å².